The Hall–Kier alpha value is -1.06. The van der Waals surface area contributed by atoms with Crippen molar-refractivity contribution in [3.63, 3.8) is 0 Å². The van der Waals surface area contributed by atoms with Gasteiger partial charge in [-0.15, -0.1) is 0 Å². The van der Waals surface area contributed by atoms with Gasteiger partial charge in [0.1, 0.15) is 0 Å². The van der Waals surface area contributed by atoms with Crippen LogP contribution in [0.2, 0.25) is 0 Å². The van der Waals surface area contributed by atoms with Crippen molar-refractivity contribution in [1.82, 2.24) is 4.98 Å². The van der Waals surface area contributed by atoms with Crippen molar-refractivity contribution in [2.45, 2.75) is 11.8 Å². The summed E-state index contributed by atoms with van der Waals surface area (Å²) >= 11 is 1.39. The molecule has 0 unspecified atom stereocenters. The van der Waals surface area contributed by atoms with Gasteiger partial charge in [0.05, 0.1) is 11.5 Å². The Bertz CT molecular complexity index is 425. The van der Waals surface area contributed by atoms with E-state index in [1.807, 2.05) is 31.5 Å². The van der Waals surface area contributed by atoms with E-state index in [4.69, 9.17) is 4.18 Å². The zero-order valence-corrected chi connectivity index (χ0v) is 8.75. The first-order valence-corrected chi connectivity index (χ1v) is 5.28. The van der Waals surface area contributed by atoms with E-state index in [0.29, 0.717) is 6.61 Å². The molecular weight excluding hydrogens is 194 g/mol. The van der Waals surface area contributed by atoms with E-state index in [0.717, 1.165) is 10.3 Å². The summed E-state index contributed by atoms with van der Waals surface area (Å²) in [6, 6.07) is 8.17. The molecule has 1 aromatic carbocycles. The van der Waals surface area contributed by atoms with Crippen LogP contribution in [0.25, 0.3) is 10.8 Å². The molecule has 14 heavy (non-hydrogen) atoms. The molecule has 0 saturated carbocycles. The largest absolute Gasteiger partial charge is 0.310 e. The molecule has 1 heterocycles. The first-order valence-electron chi connectivity index (χ1n) is 4.54. The number of pyridine rings is 1. The first kappa shape index (κ1) is 9.49. The molecule has 1 aromatic heterocycles. The number of nitrogens with zero attached hydrogens (tertiary/aromatic N) is 1. The molecule has 0 N–H and O–H groups in total. The molecule has 0 atom stereocenters. The van der Waals surface area contributed by atoms with Gasteiger partial charge in [0.25, 0.3) is 0 Å². The predicted octanol–water partition coefficient (Wildman–Crippen LogP) is 3.28. The summed E-state index contributed by atoms with van der Waals surface area (Å²) in [6.07, 6.45) is 3.70. The van der Waals surface area contributed by atoms with Crippen molar-refractivity contribution in [3.8, 4) is 0 Å². The molecule has 0 radical (unpaired) electrons. The van der Waals surface area contributed by atoms with Gasteiger partial charge < -0.3 is 4.18 Å². The zero-order valence-electron chi connectivity index (χ0n) is 7.93. The molecule has 0 saturated heterocycles. The monoisotopic (exact) mass is 205 g/mol. The lowest BCUT2D eigenvalue weighted by molar-refractivity contribution is 0.402. The van der Waals surface area contributed by atoms with Crippen LogP contribution in [0, 0.1) is 0 Å². The quantitative estimate of drug-likeness (QED) is 0.718. The second-order valence-corrected chi connectivity index (χ2v) is 3.69. The minimum absolute atomic E-state index is 0.702. The van der Waals surface area contributed by atoms with Gasteiger partial charge in [0.2, 0.25) is 0 Å². The van der Waals surface area contributed by atoms with E-state index in [2.05, 4.69) is 17.1 Å². The Morgan fingerprint density at radius 2 is 2.14 bits per heavy atom. The van der Waals surface area contributed by atoms with E-state index >= 15 is 0 Å². The third-order valence-corrected chi connectivity index (χ3v) is 2.76. The molecule has 2 aromatic rings. The first-order chi connectivity index (χ1) is 6.92. The minimum Gasteiger partial charge on any atom is -0.310 e. The molecule has 0 aliphatic carbocycles. The summed E-state index contributed by atoms with van der Waals surface area (Å²) in [5.41, 5.74) is 0. The summed E-state index contributed by atoms with van der Waals surface area (Å²) in [4.78, 5) is 5.24. The van der Waals surface area contributed by atoms with Crippen molar-refractivity contribution in [3.05, 3.63) is 36.7 Å². The summed E-state index contributed by atoms with van der Waals surface area (Å²) in [6.45, 7) is 2.68. The van der Waals surface area contributed by atoms with Gasteiger partial charge in [0.15, 0.2) is 0 Å². The Kier molecular flexibility index (Phi) is 3.01. The fourth-order valence-electron chi connectivity index (χ4n) is 1.28. The lowest BCUT2D eigenvalue weighted by Gasteiger charge is -2.03. The highest BCUT2D eigenvalue weighted by Gasteiger charge is 2.01. The number of rotatable bonds is 3. The van der Waals surface area contributed by atoms with E-state index in [-0.39, 0.29) is 0 Å². The molecule has 72 valence electrons. The van der Waals surface area contributed by atoms with Gasteiger partial charge >= 0.3 is 0 Å². The highest BCUT2D eigenvalue weighted by atomic mass is 32.2. The van der Waals surface area contributed by atoms with Crippen LogP contribution in [0.5, 0.6) is 0 Å². The van der Waals surface area contributed by atoms with Crippen molar-refractivity contribution in [1.29, 1.82) is 0 Å². The van der Waals surface area contributed by atoms with Crippen LogP contribution in [0.15, 0.2) is 41.6 Å². The molecule has 2 nitrogen and oxygen atoms in total. The van der Waals surface area contributed by atoms with Crippen LogP contribution < -0.4 is 0 Å². The third-order valence-electron chi connectivity index (χ3n) is 1.90. The topological polar surface area (TPSA) is 22.1 Å². The molecule has 0 aliphatic heterocycles. The normalized spacial score (nSPS) is 10.6. The van der Waals surface area contributed by atoms with Crippen LogP contribution in [-0.4, -0.2) is 11.6 Å². The van der Waals surface area contributed by atoms with Crippen LogP contribution in [0.3, 0.4) is 0 Å². The summed E-state index contributed by atoms with van der Waals surface area (Å²) < 4.78 is 5.30. The maximum atomic E-state index is 5.30. The molecule has 0 amide bonds. The summed E-state index contributed by atoms with van der Waals surface area (Å²) in [7, 11) is 0. The van der Waals surface area contributed by atoms with Crippen molar-refractivity contribution >= 4 is 22.8 Å². The van der Waals surface area contributed by atoms with Gasteiger partial charge in [-0.2, -0.15) is 0 Å². The number of aromatic nitrogens is 1. The summed E-state index contributed by atoms with van der Waals surface area (Å²) in [5.74, 6) is 0. The number of fused-ring (bicyclic) bond motifs is 1. The van der Waals surface area contributed by atoms with Gasteiger partial charge in [-0.05, 0) is 6.92 Å². The highest BCUT2D eigenvalue weighted by molar-refractivity contribution is 7.94. The minimum atomic E-state index is 0.702. The van der Waals surface area contributed by atoms with Gasteiger partial charge in [-0.1, -0.05) is 24.3 Å². The molecule has 0 fully saturated rings. The second-order valence-electron chi connectivity index (χ2n) is 2.85. The van der Waals surface area contributed by atoms with Crippen LogP contribution >= 0.6 is 12.0 Å². The van der Waals surface area contributed by atoms with Crippen LogP contribution in [-0.2, 0) is 4.18 Å². The lowest BCUT2D eigenvalue weighted by Crippen LogP contribution is -1.82. The van der Waals surface area contributed by atoms with Crippen molar-refractivity contribution in [2.24, 2.45) is 0 Å². The molecule has 2 rings (SSSR count). The van der Waals surface area contributed by atoms with Gasteiger partial charge in [-0.25, -0.2) is 0 Å². The Morgan fingerprint density at radius 3 is 3.00 bits per heavy atom. The van der Waals surface area contributed by atoms with E-state index in [1.165, 1.54) is 17.4 Å². The maximum absolute atomic E-state index is 5.30. The van der Waals surface area contributed by atoms with E-state index < -0.39 is 0 Å². The number of benzene rings is 1. The van der Waals surface area contributed by atoms with Crippen molar-refractivity contribution in [2.75, 3.05) is 6.61 Å². The molecule has 3 heteroatoms. The molecule has 0 spiro atoms. The molecule has 0 bridgehead atoms. The van der Waals surface area contributed by atoms with Gasteiger partial charge in [0, 0.05) is 35.2 Å². The standard InChI is InChI=1S/C11H11NOS/c1-2-13-14-11-8-12-7-9-5-3-4-6-10(9)11/h3-8H,2H2,1H3. The smallest absolute Gasteiger partial charge is 0.0614 e. The summed E-state index contributed by atoms with van der Waals surface area (Å²) in [5, 5.41) is 2.35. The average molecular weight is 205 g/mol. The highest BCUT2D eigenvalue weighted by Crippen LogP contribution is 2.26. The fraction of sp³-hybridized carbons (Fsp3) is 0.182. The third kappa shape index (κ3) is 1.89. The van der Waals surface area contributed by atoms with Crippen LogP contribution in [0.4, 0.5) is 0 Å². The zero-order chi connectivity index (χ0) is 9.80. The molecular formula is C11H11NOS. The second kappa shape index (κ2) is 4.44. The van der Waals surface area contributed by atoms with Crippen molar-refractivity contribution < 1.29 is 4.18 Å². The van der Waals surface area contributed by atoms with Gasteiger partial charge in [-0.3, -0.25) is 4.98 Å². The Labute approximate surface area is 87.5 Å². The SMILES string of the molecule is CCOSc1cncc2ccccc12. The maximum Gasteiger partial charge on any atom is 0.0614 e. The predicted molar refractivity (Wildman–Crippen MR) is 59.2 cm³/mol. The molecule has 0 aliphatic rings. The number of hydrogen-bond acceptors (Lipinski definition) is 3. The fourth-order valence-corrected chi connectivity index (χ4v) is 1.90. The Morgan fingerprint density at radius 1 is 1.29 bits per heavy atom. The van der Waals surface area contributed by atoms with Crippen LogP contribution in [0.1, 0.15) is 6.92 Å². The van der Waals surface area contributed by atoms with E-state index in [9.17, 15) is 0 Å². The average Bonchev–Trinajstić information content (AvgIpc) is 2.26. The Balaban J connectivity index is 2.43. The number of hydrogen-bond donors (Lipinski definition) is 0. The van der Waals surface area contributed by atoms with E-state index in [1.54, 1.807) is 0 Å². The lowest BCUT2D eigenvalue weighted by atomic mass is 10.2.